The molecule has 23 heavy (non-hydrogen) atoms. The monoisotopic (exact) mass is 349 g/mol. The van der Waals surface area contributed by atoms with Gasteiger partial charge in [0.15, 0.2) is 0 Å². The van der Waals surface area contributed by atoms with Crippen molar-refractivity contribution in [2.75, 3.05) is 0 Å². The van der Waals surface area contributed by atoms with Crippen molar-refractivity contribution < 1.29 is 14.4 Å². The first-order valence-electron chi connectivity index (χ1n) is 6.70. The quantitative estimate of drug-likeness (QED) is 0.836. The second-order valence-corrected chi connectivity index (χ2v) is 6.82. The summed E-state index contributed by atoms with van der Waals surface area (Å²) in [6.07, 6.45) is 0. The number of hydrogen-bond acceptors (Lipinski definition) is 4. The molecule has 6 nitrogen and oxygen atoms in total. The molecule has 1 aromatic carbocycles. The van der Waals surface area contributed by atoms with Gasteiger partial charge in [-0.3, -0.25) is 15.0 Å². The number of amides is 4. The summed E-state index contributed by atoms with van der Waals surface area (Å²) < 4.78 is 0.446. The van der Waals surface area contributed by atoms with E-state index in [-0.39, 0.29) is 0 Å². The van der Waals surface area contributed by atoms with E-state index in [1.54, 1.807) is 37.3 Å². The maximum atomic E-state index is 12.6. The number of rotatable bonds is 3. The lowest BCUT2D eigenvalue weighted by Gasteiger charge is -2.21. The Bertz CT molecular complexity index is 792. The summed E-state index contributed by atoms with van der Waals surface area (Å²) in [6, 6.07) is 11.2. The van der Waals surface area contributed by atoms with Gasteiger partial charge in [-0.05, 0) is 24.6 Å². The van der Waals surface area contributed by atoms with E-state index in [2.05, 4.69) is 10.7 Å². The molecular weight excluding hydrogens is 338 g/mol. The molecule has 0 bridgehead atoms. The van der Waals surface area contributed by atoms with Gasteiger partial charge in [0.05, 0.1) is 9.21 Å². The van der Waals surface area contributed by atoms with E-state index in [4.69, 9.17) is 11.6 Å². The standard InChI is InChI=1S/C15H12ClN3O3S/c1-15(9-5-3-2-4-6-9)13(21)19(14(22)17-15)18-12(20)10-7-8-11(16)23-10/h2-8H,1H3,(H,17,22)(H,18,20)/t15-/m1/s1. The van der Waals surface area contributed by atoms with Gasteiger partial charge in [0, 0.05) is 0 Å². The number of halogens is 1. The maximum absolute atomic E-state index is 12.6. The predicted molar refractivity (Wildman–Crippen MR) is 86.0 cm³/mol. The number of hydrogen-bond donors (Lipinski definition) is 2. The molecule has 118 valence electrons. The van der Waals surface area contributed by atoms with E-state index in [0.29, 0.717) is 19.8 Å². The van der Waals surface area contributed by atoms with Crippen molar-refractivity contribution in [1.29, 1.82) is 0 Å². The number of imide groups is 1. The number of nitrogens with one attached hydrogen (secondary N) is 2. The molecule has 0 aliphatic carbocycles. The number of hydrazine groups is 1. The van der Waals surface area contributed by atoms with E-state index >= 15 is 0 Å². The molecule has 4 amide bonds. The minimum absolute atomic E-state index is 0.309. The van der Waals surface area contributed by atoms with E-state index in [1.165, 1.54) is 6.07 Å². The average molecular weight is 350 g/mol. The molecule has 0 unspecified atom stereocenters. The van der Waals surface area contributed by atoms with Crippen LogP contribution < -0.4 is 10.7 Å². The summed E-state index contributed by atoms with van der Waals surface area (Å²) >= 11 is 6.84. The molecular formula is C15H12ClN3O3S. The van der Waals surface area contributed by atoms with Gasteiger partial charge in [-0.2, -0.15) is 5.01 Å². The van der Waals surface area contributed by atoms with Crippen molar-refractivity contribution in [3.05, 3.63) is 57.2 Å². The molecule has 1 atom stereocenters. The fourth-order valence-corrected chi connectivity index (χ4v) is 3.23. The summed E-state index contributed by atoms with van der Waals surface area (Å²) in [4.78, 5) is 37.1. The second kappa shape index (κ2) is 5.68. The lowest BCUT2D eigenvalue weighted by atomic mass is 9.92. The molecule has 0 spiro atoms. The smallest absolute Gasteiger partial charge is 0.318 e. The summed E-state index contributed by atoms with van der Waals surface area (Å²) in [5.41, 5.74) is 1.73. The summed E-state index contributed by atoms with van der Waals surface area (Å²) in [5.74, 6) is -1.12. The third-order valence-electron chi connectivity index (χ3n) is 3.55. The number of nitrogens with zero attached hydrogens (tertiary/aromatic N) is 1. The minimum Gasteiger partial charge on any atom is -0.318 e. The minimum atomic E-state index is -1.22. The predicted octanol–water partition coefficient (Wildman–Crippen LogP) is 2.51. The number of benzene rings is 1. The van der Waals surface area contributed by atoms with Crippen LogP contribution in [-0.2, 0) is 10.3 Å². The van der Waals surface area contributed by atoms with E-state index < -0.39 is 23.4 Å². The molecule has 1 aromatic heterocycles. The summed E-state index contributed by atoms with van der Waals surface area (Å²) in [5, 5.41) is 3.31. The fraction of sp³-hybridized carbons (Fsp3) is 0.133. The molecule has 1 fully saturated rings. The molecule has 2 heterocycles. The van der Waals surface area contributed by atoms with Crippen molar-refractivity contribution in [2.45, 2.75) is 12.5 Å². The van der Waals surface area contributed by atoms with Crippen molar-refractivity contribution >= 4 is 40.8 Å². The molecule has 0 radical (unpaired) electrons. The first kappa shape index (κ1) is 15.5. The Labute approximate surface area is 141 Å². The topological polar surface area (TPSA) is 78.5 Å². The van der Waals surface area contributed by atoms with Crippen LogP contribution in [0.15, 0.2) is 42.5 Å². The van der Waals surface area contributed by atoms with Gasteiger partial charge in [-0.25, -0.2) is 4.79 Å². The third-order valence-corrected chi connectivity index (χ3v) is 4.78. The van der Waals surface area contributed by atoms with Gasteiger partial charge in [-0.15, -0.1) is 11.3 Å². The molecule has 1 saturated heterocycles. The van der Waals surface area contributed by atoms with Gasteiger partial charge in [0.2, 0.25) is 0 Å². The lowest BCUT2D eigenvalue weighted by molar-refractivity contribution is -0.132. The van der Waals surface area contributed by atoms with Gasteiger partial charge in [0.1, 0.15) is 5.54 Å². The largest absolute Gasteiger partial charge is 0.344 e. The Kier molecular flexibility index (Phi) is 3.83. The molecule has 1 aliphatic heterocycles. The Morgan fingerprint density at radius 2 is 1.91 bits per heavy atom. The number of thiophene rings is 1. The zero-order valence-corrected chi connectivity index (χ0v) is 13.6. The highest BCUT2D eigenvalue weighted by molar-refractivity contribution is 7.18. The normalized spacial score (nSPS) is 20.5. The van der Waals surface area contributed by atoms with Crippen LogP contribution in [0.2, 0.25) is 4.34 Å². The van der Waals surface area contributed by atoms with Crippen LogP contribution in [0.5, 0.6) is 0 Å². The molecule has 3 rings (SSSR count). The van der Waals surface area contributed by atoms with E-state index in [1.807, 2.05) is 6.07 Å². The van der Waals surface area contributed by atoms with Gasteiger partial charge < -0.3 is 5.32 Å². The highest BCUT2D eigenvalue weighted by Crippen LogP contribution is 2.28. The third kappa shape index (κ3) is 2.69. The summed E-state index contributed by atoms with van der Waals surface area (Å²) in [6.45, 7) is 1.59. The van der Waals surface area contributed by atoms with Crippen molar-refractivity contribution in [3.63, 3.8) is 0 Å². The Balaban J connectivity index is 1.83. The van der Waals surface area contributed by atoms with Crippen LogP contribution in [0, 0.1) is 0 Å². The van der Waals surface area contributed by atoms with Gasteiger partial charge >= 0.3 is 6.03 Å². The molecule has 0 saturated carbocycles. The van der Waals surface area contributed by atoms with E-state index in [9.17, 15) is 14.4 Å². The van der Waals surface area contributed by atoms with Crippen LogP contribution in [0.25, 0.3) is 0 Å². The van der Waals surface area contributed by atoms with Gasteiger partial charge in [0.25, 0.3) is 11.8 Å². The molecule has 2 aromatic rings. The van der Waals surface area contributed by atoms with Crippen molar-refractivity contribution in [2.24, 2.45) is 0 Å². The van der Waals surface area contributed by atoms with Crippen LogP contribution in [-0.4, -0.2) is 22.9 Å². The SMILES string of the molecule is C[C@]1(c2ccccc2)NC(=O)N(NC(=O)c2ccc(Cl)s2)C1=O. The Morgan fingerprint density at radius 3 is 2.52 bits per heavy atom. The molecule has 2 N–H and O–H groups in total. The second-order valence-electron chi connectivity index (χ2n) is 5.11. The first-order valence-corrected chi connectivity index (χ1v) is 7.90. The Morgan fingerprint density at radius 1 is 1.22 bits per heavy atom. The number of urea groups is 1. The van der Waals surface area contributed by atoms with Crippen LogP contribution in [0.3, 0.4) is 0 Å². The molecule has 8 heteroatoms. The average Bonchev–Trinajstić information content (AvgIpc) is 3.06. The zero-order valence-electron chi connectivity index (χ0n) is 12.0. The zero-order chi connectivity index (χ0) is 16.6. The van der Waals surface area contributed by atoms with E-state index in [0.717, 1.165) is 11.3 Å². The first-order chi connectivity index (χ1) is 10.9. The highest BCUT2D eigenvalue weighted by Gasteiger charge is 2.50. The van der Waals surface area contributed by atoms with Gasteiger partial charge in [-0.1, -0.05) is 41.9 Å². The van der Waals surface area contributed by atoms with Crippen LogP contribution in [0.4, 0.5) is 4.79 Å². The molecule has 1 aliphatic rings. The number of carbonyl (C=O) groups excluding carboxylic acids is 3. The maximum Gasteiger partial charge on any atom is 0.344 e. The lowest BCUT2D eigenvalue weighted by Crippen LogP contribution is -2.47. The Hall–Kier alpha value is -2.38. The van der Waals surface area contributed by atoms with Crippen molar-refractivity contribution in [3.8, 4) is 0 Å². The highest BCUT2D eigenvalue weighted by atomic mass is 35.5. The van der Waals surface area contributed by atoms with Crippen molar-refractivity contribution in [1.82, 2.24) is 15.8 Å². The summed E-state index contributed by atoms with van der Waals surface area (Å²) in [7, 11) is 0. The number of carbonyl (C=O) groups is 3. The van der Waals surface area contributed by atoms with Crippen LogP contribution >= 0.6 is 22.9 Å². The fourth-order valence-electron chi connectivity index (χ4n) is 2.30. The van der Waals surface area contributed by atoms with Crippen LogP contribution in [0.1, 0.15) is 22.2 Å².